The van der Waals surface area contributed by atoms with E-state index in [0.717, 1.165) is 0 Å². The molecule has 9 heteroatoms. The Kier molecular flexibility index (Phi) is 6.33. The van der Waals surface area contributed by atoms with E-state index in [0.29, 0.717) is 18.0 Å². The lowest BCUT2D eigenvalue weighted by molar-refractivity contribution is -0.130. The molecule has 0 radical (unpaired) electrons. The molecule has 0 aromatic heterocycles. The quantitative estimate of drug-likeness (QED) is 0.447. The monoisotopic (exact) mass is 352 g/mol. The number of nitrogens with one attached hydrogen (secondary N) is 4. The second kappa shape index (κ2) is 8.46. The lowest BCUT2D eigenvalue weighted by Crippen LogP contribution is -2.51. The van der Waals surface area contributed by atoms with E-state index in [1.165, 1.54) is 0 Å². The molecule has 2 atom stereocenters. The van der Waals surface area contributed by atoms with Gasteiger partial charge in [0, 0.05) is 13.2 Å². The molecule has 2 amide bonds. The standard InChI is InChI=1S/C15H20N4O4S/c1-9(8-22-2)16-15(24)19-18-13(20)7-12-14(21)17-10-5-3-4-6-11(10)23-12/h3-6,9,12H,7-8H2,1-2H3,(H,17,21)(H,18,20)(H2,16,19,24)/t9-,12+/m1/s1. The summed E-state index contributed by atoms with van der Waals surface area (Å²) in [6.07, 6.45) is -1.03. The number of benzene rings is 1. The highest BCUT2D eigenvalue weighted by atomic mass is 32.1. The molecule has 0 spiro atoms. The maximum Gasteiger partial charge on any atom is 0.266 e. The lowest BCUT2D eigenvalue weighted by Gasteiger charge is -2.25. The molecule has 130 valence electrons. The van der Waals surface area contributed by atoms with Crippen LogP contribution >= 0.6 is 12.2 Å². The highest BCUT2D eigenvalue weighted by Crippen LogP contribution is 2.29. The molecular formula is C15H20N4O4S. The third-order valence-corrected chi connectivity index (χ3v) is 3.41. The molecule has 1 heterocycles. The Morgan fingerprint density at radius 2 is 2.17 bits per heavy atom. The third-order valence-electron chi connectivity index (χ3n) is 3.19. The van der Waals surface area contributed by atoms with Gasteiger partial charge in [0.15, 0.2) is 11.2 Å². The van der Waals surface area contributed by atoms with E-state index in [9.17, 15) is 9.59 Å². The molecule has 0 fully saturated rings. The molecule has 1 aliphatic rings. The minimum absolute atomic E-state index is 0.00383. The molecule has 1 aliphatic heterocycles. The van der Waals surface area contributed by atoms with Crippen LogP contribution in [0, 0.1) is 0 Å². The second-order valence-corrected chi connectivity index (χ2v) is 5.71. The summed E-state index contributed by atoms with van der Waals surface area (Å²) in [5.74, 6) is -0.246. The Bertz CT molecular complexity index is 625. The number of amides is 2. The highest BCUT2D eigenvalue weighted by molar-refractivity contribution is 7.80. The molecule has 1 aromatic carbocycles. The van der Waals surface area contributed by atoms with Crippen LogP contribution in [-0.2, 0) is 14.3 Å². The van der Waals surface area contributed by atoms with Crippen molar-refractivity contribution in [3.05, 3.63) is 24.3 Å². The van der Waals surface area contributed by atoms with E-state index >= 15 is 0 Å². The van der Waals surface area contributed by atoms with Crippen molar-refractivity contribution in [3.8, 4) is 5.75 Å². The number of hydrogen-bond donors (Lipinski definition) is 4. The van der Waals surface area contributed by atoms with Gasteiger partial charge in [0.25, 0.3) is 5.91 Å². The molecule has 0 bridgehead atoms. The molecule has 24 heavy (non-hydrogen) atoms. The molecule has 0 saturated heterocycles. The summed E-state index contributed by atoms with van der Waals surface area (Å²) in [5, 5.41) is 5.89. The minimum Gasteiger partial charge on any atom is -0.478 e. The van der Waals surface area contributed by atoms with Gasteiger partial charge in [-0.3, -0.25) is 20.4 Å². The van der Waals surface area contributed by atoms with Crippen molar-refractivity contribution < 1.29 is 19.1 Å². The molecule has 8 nitrogen and oxygen atoms in total. The summed E-state index contributed by atoms with van der Waals surface area (Å²) >= 11 is 5.04. The SMILES string of the molecule is COC[C@@H](C)NC(=S)NNC(=O)C[C@@H]1Oc2ccccc2NC1=O. The summed E-state index contributed by atoms with van der Waals surface area (Å²) in [7, 11) is 1.59. The fourth-order valence-electron chi connectivity index (χ4n) is 2.12. The predicted molar refractivity (Wildman–Crippen MR) is 92.5 cm³/mol. The lowest BCUT2D eigenvalue weighted by atomic mass is 10.1. The second-order valence-electron chi connectivity index (χ2n) is 5.30. The predicted octanol–water partition coefficient (Wildman–Crippen LogP) is 0.306. The van der Waals surface area contributed by atoms with Crippen molar-refractivity contribution in [1.82, 2.24) is 16.2 Å². The summed E-state index contributed by atoms with van der Waals surface area (Å²) < 4.78 is 10.5. The average molecular weight is 352 g/mol. The molecule has 0 saturated carbocycles. The smallest absolute Gasteiger partial charge is 0.266 e. The van der Waals surface area contributed by atoms with Crippen LogP contribution in [0.4, 0.5) is 5.69 Å². The molecule has 4 N–H and O–H groups in total. The molecule has 2 rings (SSSR count). The number of hydrazine groups is 1. The van der Waals surface area contributed by atoms with Crippen LogP contribution in [0.3, 0.4) is 0 Å². The first-order valence-corrected chi connectivity index (χ1v) is 7.81. The van der Waals surface area contributed by atoms with E-state index in [-0.39, 0.29) is 23.5 Å². The van der Waals surface area contributed by atoms with Gasteiger partial charge in [0.1, 0.15) is 5.75 Å². The molecule has 0 unspecified atom stereocenters. The maximum atomic E-state index is 12.0. The number of thiocarbonyl (C=S) groups is 1. The highest BCUT2D eigenvalue weighted by Gasteiger charge is 2.29. The molecule has 1 aromatic rings. The van der Waals surface area contributed by atoms with E-state index in [1.807, 2.05) is 6.92 Å². The van der Waals surface area contributed by atoms with Crippen LogP contribution in [0.25, 0.3) is 0 Å². The fourth-order valence-corrected chi connectivity index (χ4v) is 2.38. The Labute approximate surface area is 145 Å². The summed E-state index contributed by atoms with van der Waals surface area (Å²) in [5.41, 5.74) is 5.59. The van der Waals surface area contributed by atoms with Gasteiger partial charge in [-0.05, 0) is 31.3 Å². The van der Waals surface area contributed by atoms with Crippen molar-refractivity contribution in [1.29, 1.82) is 0 Å². The van der Waals surface area contributed by atoms with E-state index < -0.39 is 12.0 Å². The van der Waals surface area contributed by atoms with Crippen molar-refractivity contribution in [2.75, 3.05) is 19.0 Å². The van der Waals surface area contributed by atoms with E-state index in [4.69, 9.17) is 21.7 Å². The van der Waals surface area contributed by atoms with Gasteiger partial charge in [-0.25, -0.2) is 0 Å². The fraction of sp³-hybridized carbons (Fsp3) is 0.400. The minimum atomic E-state index is -0.893. The van der Waals surface area contributed by atoms with Crippen LogP contribution in [-0.4, -0.2) is 42.8 Å². The van der Waals surface area contributed by atoms with Gasteiger partial charge in [-0.2, -0.15) is 0 Å². The normalized spacial score (nSPS) is 16.9. The van der Waals surface area contributed by atoms with Crippen LogP contribution in [0.15, 0.2) is 24.3 Å². The van der Waals surface area contributed by atoms with Crippen molar-refractivity contribution in [2.45, 2.75) is 25.5 Å². The van der Waals surface area contributed by atoms with Crippen LogP contribution in [0.5, 0.6) is 5.75 Å². The number of carbonyl (C=O) groups excluding carboxylic acids is 2. The summed E-state index contributed by atoms with van der Waals surface area (Å²) in [6.45, 7) is 2.36. The van der Waals surface area contributed by atoms with Crippen LogP contribution in [0.2, 0.25) is 0 Å². The van der Waals surface area contributed by atoms with Crippen molar-refractivity contribution in [3.63, 3.8) is 0 Å². The third kappa shape index (κ3) is 5.07. The Balaban J connectivity index is 1.78. The van der Waals surface area contributed by atoms with Gasteiger partial charge in [-0.15, -0.1) is 0 Å². The zero-order valence-electron chi connectivity index (χ0n) is 13.4. The van der Waals surface area contributed by atoms with Crippen LogP contribution in [0.1, 0.15) is 13.3 Å². The van der Waals surface area contributed by atoms with E-state index in [1.54, 1.807) is 31.4 Å². The number of para-hydroxylation sites is 2. The molecule has 0 aliphatic carbocycles. The van der Waals surface area contributed by atoms with Crippen molar-refractivity contribution >= 4 is 34.8 Å². The van der Waals surface area contributed by atoms with Gasteiger partial charge >= 0.3 is 0 Å². The number of rotatable bonds is 5. The van der Waals surface area contributed by atoms with Crippen LogP contribution < -0.4 is 26.2 Å². The Morgan fingerprint density at radius 3 is 2.92 bits per heavy atom. The number of carbonyl (C=O) groups is 2. The largest absolute Gasteiger partial charge is 0.478 e. The zero-order valence-corrected chi connectivity index (χ0v) is 14.2. The number of ether oxygens (including phenoxy) is 2. The first-order valence-electron chi connectivity index (χ1n) is 7.40. The van der Waals surface area contributed by atoms with Gasteiger partial charge in [-0.1, -0.05) is 12.1 Å². The maximum absolute atomic E-state index is 12.0. The number of hydrogen-bond acceptors (Lipinski definition) is 5. The number of anilines is 1. The zero-order chi connectivity index (χ0) is 17.5. The van der Waals surface area contributed by atoms with E-state index in [2.05, 4.69) is 21.5 Å². The number of methoxy groups -OCH3 is 1. The topological polar surface area (TPSA) is 101 Å². The first kappa shape index (κ1) is 18.0. The van der Waals surface area contributed by atoms with Gasteiger partial charge < -0.3 is 20.1 Å². The Hall–Kier alpha value is -2.39. The molecular weight excluding hydrogens is 332 g/mol. The number of fused-ring (bicyclic) bond motifs is 1. The van der Waals surface area contributed by atoms with Crippen molar-refractivity contribution in [2.24, 2.45) is 0 Å². The summed E-state index contributed by atoms with van der Waals surface area (Å²) in [6, 6.07) is 7.04. The van der Waals surface area contributed by atoms with Gasteiger partial charge in [0.05, 0.1) is 18.7 Å². The Morgan fingerprint density at radius 1 is 1.42 bits per heavy atom. The first-order chi connectivity index (χ1) is 11.5. The van der Waals surface area contributed by atoms with Gasteiger partial charge in [0.2, 0.25) is 5.91 Å². The average Bonchev–Trinajstić information content (AvgIpc) is 2.54. The summed E-state index contributed by atoms with van der Waals surface area (Å²) in [4.78, 5) is 23.9.